The summed E-state index contributed by atoms with van der Waals surface area (Å²) in [5, 5.41) is 4.33. The Labute approximate surface area is 99.5 Å². The van der Waals surface area contributed by atoms with Gasteiger partial charge in [-0.2, -0.15) is 0 Å². The normalized spacial score (nSPS) is 11.8. The van der Waals surface area contributed by atoms with Crippen LogP contribution in [0.2, 0.25) is 0 Å². The molecule has 86 valence electrons. The van der Waals surface area contributed by atoms with Gasteiger partial charge < -0.3 is 10.1 Å². The Morgan fingerprint density at radius 2 is 2.06 bits per heavy atom. The fraction of sp³-hybridized carbons (Fsp3) is 0.417. The van der Waals surface area contributed by atoms with E-state index in [-0.39, 0.29) is 5.54 Å². The van der Waals surface area contributed by atoms with Gasteiger partial charge in [-0.1, -0.05) is 11.3 Å². The second-order valence-corrected chi connectivity index (χ2v) is 5.76. The molecule has 2 aromatic rings. The van der Waals surface area contributed by atoms with E-state index in [1.165, 1.54) is 0 Å². The van der Waals surface area contributed by atoms with E-state index in [0.717, 1.165) is 21.1 Å². The summed E-state index contributed by atoms with van der Waals surface area (Å²) in [6.45, 7) is 6.37. The molecule has 0 saturated heterocycles. The predicted molar refractivity (Wildman–Crippen MR) is 69.5 cm³/mol. The van der Waals surface area contributed by atoms with E-state index >= 15 is 0 Å². The van der Waals surface area contributed by atoms with Crippen molar-refractivity contribution in [2.75, 3.05) is 12.4 Å². The van der Waals surface area contributed by atoms with Gasteiger partial charge in [0.2, 0.25) is 0 Å². The van der Waals surface area contributed by atoms with Gasteiger partial charge >= 0.3 is 0 Å². The van der Waals surface area contributed by atoms with Crippen LogP contribution in [0.25, 0.3) is 10.2 Å². The zero-order valence-corrected chi connectivity index (χ0v) is 10.8. The van der Waals surface area contributed by atoms with Crippen LogP contribution >= 0.6 is 11.3 Å². The predicted octanol–water partition coefficient (Wildman–Crippen LogP) is 3.52. The monoisotopic (exact) mass is 236 g/mol. The van der Waals surface area contributed by atoms with E-state index in [9.17, 15) is 0 Å². The largest absolute Gasteiger partial charge is 0.497 e. The highest BCUT2D eigenvalue weighted by Crippen LogP contribution is 2.30. The lowest BCUT2D eigenvalue weighted by molar-refractivity contribution is 0.415. The van der Waals surface area contributed by atoms with Gasteiger partial charge in [0.1, 0.15) is 5.75 Å². The van der Waals surface area contributed by atoms with Gasteiger partial charge in [-0.05, 0) is 39.0 Å². The molecule has 0 aliphatic heterocycles. The molecular weight excluding hydrogens is 220 g/mol. The summed E-state index contributed by atoms with van der Waals surface area (Å²) in [6.07, 6.45) is 0. The molecule has 0 amide bonds. The molecule has 0 aliphatic carbocycles. The van der Waals surface area contributed by atoms with Crippen LogP contribution in [-0.4, -0.2) is 17.6 Å². The molecule has 0 atom stereocenters. The first kappa shape index (κ1) is 11.2. The number of nitrogens with zero attached hydrogens (tertiary/aromatic N) is 1. The van der Waals surface area contributed by atoms with E-state index in [2.05, 4.69) is 31.1 Å². The second kappa shape index (κ2) is 3.94. The van der Waals surface area contributed by atoms with Gasteiger partial charge in [-0.3, -0.25) is 0 Å². The molecule has 0 fully saturated rings. The fourth-order valence-electron chi connectivity index (χ4n) is 1.41. The van der Waals surface area contributed by atoms with Crippen molar-refractivity contribution in [2.24, 2.45) is 0 Å². The quantitative estimate of drug-likeness (QED) is 0.866. The lowest BCUT2D eigenvalue weighted by Crippen LogP contribution is -2.25. The van der Waals surface area contributed by atoms with Crippen LogP contribution in [0.15, 0.2) is 18.2 Å². The van der Waals surface area contributed by atoms with Crippen LogP contribution in [-0.2, 0) is 0 Å². The lowest BCUT2D eigenvalue weighted by atomic mass is 10.1. The number of methoxy groups -OCH3 is 1. The molecule has 0 spiro atoms. The lowest BCUT2D eigenvalue weighted by Gasteiger charge is -2.19. The Balaban J connectivity index is 2.36. The van der Waals surface area contributed by atoms with Crippen LogP contribution in [0.5, 0.6) is 5.75 Å². The maximum Gasteiger partial charge on any atom is 0.184 e. The van der Waals surface area contributed by atoms with Gasteiger partial charge in [-0.15, -0.1) is 0 Å². The van der Waals surface area contributed by atoms with Crippen molar-refractivity contribution < 1.29 is 4.74 Å². The van der Waals surface area contributed by atoms with Crippen molar-refractivity contribution in [2.45, 2.75) is 26.3 Å². The molecule has 0 radical (unpaired) electrons. The van der Waals surface area contributed by atoms with Crippen molar-refractivity contribution in [1.29, 1.82) is 0 Å². The molecule has 0 saturated carbocycles. The smallest absolute Gasteiger partial charge is 0.184 e. The van der Waals surface area contributed by atoms with Crippen LogP contribution in [0.3, 0.4) is 0 Å². The summed E-state index contributed by atoms with van der Waals surface area (Å²) in [5.41, 5.74) is 1.05. The molecule has 1 heterocycles. The minimum Gasteiger partial charge on any atom is -0.497 e. The summed E-state index contributed by atoms with van der Waals surface area (Å²) >= 11 is 1.65. The molecule has 1 aromatic heterocycles. The third-order valence-electron chi connectivity index (χ3n) is 2.08. The number of benzene rings is 1. The molecule has 1 N–H and O–H groups in total. The molecule has 0 bridgehead atoms. The summed E-state index contributed by atoms with van der Waals surface area (Å²) in [7, 11) is 1.68. The topological polar surface area (TPSA) is 34.1 Å². The fourth-order valence-corrected chi connectivity index (χ4v) is 2.51. The van der Waals surface area contributed by atoms with Gasteiger partial charge in [-0.25, -0.2) is 4.98 Å². The standard InChI is InChI=1S/C12H16N2OS/c1-12(2,3)14-11-13-9-6-5-8(15-4)7-10(9)16-11/h5-7H,1-4H3,(H,13,14). The number of anilines is 1. The van der Waals surface area contributed by atoms with Crippen LogP contribution in [0.1, 0.15) is 20.8 Å². The highest BCUT2D eigenvalue weighted by atomic mass is 32.1. The highest BCUT2D eigenvalue weighted by Gasteiger charge is 2.12. The molecule has 3 nitrogen and oxygen atoms in total. The van der Waals surface area contributed by atoms with Gasteiger partial charge in [0.05, 0.1) is 17.3 Å². The van der Waals surface area contributed by atoms with E-state index in [4.69, 9.17) is 4.74 Å². The maximum atomic E-state index is 5.19. The number of rotatable bonds is 2. The first-order valence-electron chi connectivity index (χ1n) is 5.21. The number of aromatic nitrogens is 1. The van der Waals surface area contributed by atoms with Crippen molar-refractivity contribution >= 4 is 26.7 Å². The van der Waals surface area contributed by atoms with Crippen molar-refractivity contribution in [1.82, 2.24) is 4.98 Å². The van der Waals surface area contributed by atoms with Gasteiger partial charge in [0.15, 0.2) is 5.13 Å². The molecule has 1 aromatic carbocycles. The highest BCUT2D eigenvalue weighted by molar-refractivity contribution is 7.22. The molecule has 4 heteroatoms. The number of hydrogen-bond donors (Lipinski definition) is 1. The number of nitrogens with one attached hydrogen (secondary N) is 1. The first-order chi connectivity index (χ1) is 7.48. The molecule has 16 heavy (non-hydrogen) atoms. The number of hydrogen-bond acceptors (Lipinski definition) is 4. The zero-order valence-electron chi connectivity index (χ0n) is 10.00. The third kappa shape index (κ3) is 2.44. The van der Waals surface area contributed by atoms with E-state index < -0.39 is 0 Å². The average Bonchev–Trinajstić information content (AvgIpc) is 2.55. The van der Waals surface area contributed by atoms with Gasteiger partial charge in [0, 0.05) is 5.54 Å². The number of fused-ring (bicyclic) bond motifs is 1. The SMILES string of the molecule is COc1ccc2nc(NC(C)(C)C)sc2c1. The second-order valence-electron chi connectivity index (χ2n) is 4.73. The number of thiazole rings is 1. The van der Waals surface area contributed by atoms with E-state index in [0.29, 0.717) is 0 Å². The zero-order chi connectivity index (χ0) is 11.8. The Kier molecular flexibility index (Phi) is 2.76. The maximum absolute atomic E-state index is 5.19. The molecular formula is C12H16N2OS. The minimum atomic E-state index is 0.0396. The number of ether oxygens (including phenoxy) is 1. The van der Waals surface area contributed by atoms with Crippen LogP contribution in [0.4, 0.5) is 5.13 Å². The van der Waals surface area contributed by atoms with E-state index in [1.807, 2.05) is 18.2 Å². The Hall–Kier alpha value is -1.29. The van der Waals surface area contributed by atoms with Crippen molar-refractivity contribution in [3.63, 3.8) is 0 Å². The van der Waals surface area contributed by atoms with Crippen LogP contribution in [0, 0.1) is 0 Å². The Morgan fingerprint density at radius 3 is 2.69 bits per heavy atom. The molecule has 0 aliphatic rings. The first-order valence-corrected chi connectivity index (χ1v) is 6.02. The third-order valence-corrected chi connectivity index (χ3v) is 3.01. The molecule has 2 rings (SSSR count). The summed E-state index contributed by atoms with van der Waals surface area (Å²) in [5.74, 6) is 0.874. The average molecular weight is 236 g/mol. The van der Waals surface area contributed by atoms with Gasteiger partial charge in [0.25, 0.3) is 0 Å². The van der Waals surface area contributed by atoms with Crippen molar-refractivity contribution in [3.8, 4) is 5.75 Å². The van der Waals surface area contributed by atoms with Crippen LogP contribution < -0.4 is 10.1 Å². The molecule has 0 unspecified atom stereocenters. The van der Waals surface area contributed by atoms with E-state index in [1.54, 1.807) is 18.4 Å². The minimum absolute atomic E-state index is 0.0396. The summed E-state index contributed by atoms with van der Waals surface area (Å²) in [6, 6.07) is 5.93. The Morgan fingerprint density at radius 1 is 1.31 bits per heavy atom. The summed E-state index contributed by atoms with van der Waals surface area (Å²) < 4.78 is 6.34. The Bertz CT molecular complexity index is 499. The van der Waals surface area contributed by atoms with Crippen molar-refractivity contribution in [3.05, 3.63) is 18.2 Å². The summed E-state index contributed by atoms with van der Waals surface area (Å²) in [4.78, 5) is 4.53.